The van der Waals surface area contributed by atoms with Crippen molar-refractivity contribution >= 4 is 11.6 Å². The Balaban J connectivity index is 2.29. The third-order valence-electron chi connectivity index (χ3n) is 2.32. The van der Waals surface area contributed by atoms with E-state index < -0.39 is 0 Å². The first-order valence-corrected chi connectivity index (χ1v) is 4.92. The van der Waals surface area contributed by atoms with Crippen molar-refractivity contribution in [3.63, 3.8) is 0 Å². The largest absolute Gasteiger partial charge is 0.384 e. The van der Waals surface area contributed by atoms with Gasteiger partial charge in [0, 0.05) is 25.0 Å². The maximum Gasteiger partial charge on any atom is 0.0636 e. The molecule has 0 amide bonds. The summed E-state index contributed by atoms with van der Waals surface area (Å²) in [7, 11) is 1.72. The van der Waals surface area contributed by atoms with Gasteiger partial charge >= 0.3 is 0 Å². The Kier molecular flexibility index (Phi) is 4.33. The highest BCUT2D eigenvalue weighted by atomic mass is 35.5. The number of halogens is 1. The highest BCUT2D eigenvalue weighted by molar-refractivity contribution is 6.20. The molecule has 1 aliphatic heterocycles. The minimum atomic E-state index is 0.293. The second-order valence-electron chi connectivity index (χ2n) is 3.46. The quantitative estimate of drug-likeness (QED) is 0.638. The summed E-state index contributed by atoms with van der Waals surface area (Å²) in [6.07, 6.45) is 2.24. The lowest BCUT2D eigenvalue weighted by atomic mass is 9.98. The van der Waals surface area contributed by atoms with E-state index in [1.807, 2.05) is 0 Å². The summed E-state index contributed by atoms with van der Waals surface area (Å²) in [5.41, 5.74) is 0. The molecule has 1 fully saturated rings. The zero-order valence-electron chi connectivity index (χ0n) is 7.75. The van der Waals surface area contributed by atoms with E-state index in [1.54, 1.807) is 7.11 Å². The molecular weight excluding hydrogens is 176 g/mol. The standard InChI is InChI=1S/C9H17ClO2/c1-7(6-11-2)9-5-8(10)3-4-12-9/h7-9H,3-6H2,1-2H3. The topological polar surface area (TPSA) is 18.5 Å². The maximum absolute atomic E-state index is 6.03. The van der Waals surface area contributed by atoms with Crippen LogP contribution in [0, 0.1) is 5.92 Å². The zero-order valence-corrected chi connectivity index (χ0v) is 8.51. The predicted molar refractivity (Wildman–Crippen MR) is 49.7 cm³/mol. The molecule has 3 unspecified atom stereocenters. The fourth-order valence-electron chi connectivity index (χ4n) is 1.55. The monoisotopic (exact) mass is 192 g/mol. The number of rotatable bonds is 3. The SMILES string of the molecule is COCC(C)C1CC(Cl)CCO1. The van der Waals surface area contributed by atoms with Crippen molar-refractivity contribution in [3.05, 3.63) is 0 Å². The lowest BCUT2D eigenvalue weighted by Gasteiger charge is -2.30. The molecule has 3 heteroatoms. The first kappa shape index (κ1) is 10.3. The molecule has 0 saturated carbocycles. The molecule has 72 valence electrons. The molecule has 12 heavy (non-hydrogen) atoms. The van der Waals surface area contributed by atoms with Crippen LogP contribution in [-0.2, 0) is 9.47 Å². The number of alkyl halides is 1. The van der Waals surface area contributed by atoms with E-state index in [0.717, 1.165) is 26.1 Å². The first-order chi connectivity index (χ1) is 5.74. The molecule has 0 aromatic heterocycles. The Hall–Kier alpha value is 0.210. The molecule has 2 nitrogen and oxygen atoms in total. The van der Waals surface area contributed by atoms with Gasteiger partial charge in [-0.3, -0.25) is 0 Å². The number of hydrogen-bond acceptors (Lipinski definition) is 2. The van der Waals surface area contributed by atoms with Gasteiger partial charge in [-0.1, -0.05) is 6.92 Å². The molecule has 3 atom stereocenters. The van der Waals surface area contributed by atoms with Gasteiger partial charge in [0.1, 0.15) is 0 Å². The molecule has 0 aliphatic carbocycles. The van der Waals surface area contributed by atoms with Crippen LogP contribution in [0.1, 0.15) is 19.8 Å². The smallest absolute Gasteiger partial charge is 0.0636 e. The van der Waals surface area contributed by atoms with E-state index in [2.05, 4.69) is 6.92 Å². The van der Waals surface area contributed by atoms with Crippen LogP contribution in [0.25, 0.3) is 0 Å². The normalized spacial score (nSPS) is 33.2. The summed E-state index contributed by atoms with van der Waals surface area (Å²) in [5, 5.41) is 0.294. The van der Waals surface area contributed by atoms with Gasteiger partial charge in [-0.15, -0.1) is 11.6 Å². The average molecular weight is 193 g/mol. The fourth-order valence-corrected chi connectivity index (χ4v) is 1.82. The molecular formula is C9H17ClO2. The summed E-state index contributed by atoms with van der Waals surface area (Å²) < 4.78 is 10.7. The van der Waals surface area contributed by atoms with Crippen LogP contribution >= 0.6 is 11.6 Å². The maximum atomic E-state index is 6.03. The Labute approximate surface area is 79.2 Å². The fraction of sp³-hybridized carbons (Fsp3) is 1.00. The Morgan fingerprint density at radius 3 is 3.00 bits per heavy atom. The van der Waals surface area contributed by atoms with Gasteiger partial charge in [-0.2, -0.15) is 0 Å². The molecule has 0 spiro atoms. The summed E-state index contributed by atoms with van der Waals surface area (Å²) in [5.74, 6) is 0.455. The van der Waals surface area contributed by atoms with Gasteiger partial charge in [0.05, 0.1) is 12.7 Å². The molecule has 0 radical (unpaired) electrons. The van der Waals surface area contributed by atoms with Crippen molar-refractivity contribution in [2.45, 2.75) is 31.2 Å². The summed E-state index contributed by atoms with van der Waals surface area (Å²) >= 11 is 6.03. The van der Waals surface area contributed by atoms with Crippen LogP contribution < -0.4 is 0 Å². The number of ether oxygens (including phenoxy) is 2. The molecule has 0 aromatic rings. The third kappa shape index (κ3) is 2.92. The first-order valence-electron chi connectivity index (χ1n) is 4.48. The second-order valence-corrected chi connectivity index (χ2v) is 4.08. The molecule has 1 saturated heterocycles. The van der Waals surface area contributed by atoms with Crippen molar-refractivity contribution in [1.82, 2.24) is 0 Å². The Morgan fingerprint density at radius 2 is 2.42 bits per heavy atom. The lowest BCUT2D eigenvalue weighted by Crippen LogP contribution is -2.33. The molecule has 1 rings (SSSR count). The molecule has 1 aliphatic rings. The Bertz CT molecular complexity index is 130. The van der Waals surface area contributed by atoms with Crippen LogP contribution in [0.3, 0.4) is 0 Å². The van der Waals surface area contributed by atoms with Gasteiger partial charge in [0.25, 0.3) is 0 Å². The Morgan fingerprint density at radius 1 is 1.67 bits per heavy atom. The average Bonchev–Trinajstić information content (AvgIpc) is 2.05. The van der Waals surface area contributed by atoms with Crippen molar-refractivity contribution in [2.75, 3.05) is 20.3 Å². The van der Waals surface area contributed by atoms with E-state index in [0.29, 0.717) is 17.4 Å². The van der Waals surface area contributed by atoms with Crippen LogP contribution in [0.4, 0.5) is 0 Å². The van der Waals surface area contributed by atoms with Crippen molar-refractivity contribution in [2.24, 2.45) is 5.92 Å². The molecule has 0 bridgehead atoms. The van der Waals surface area contributed by atoms with Crippen LogP contribution in [0.2, 0.25) is 0 Å². The van der Waals surface area contributed by atoms with E-state index in [1.165, 1.54) is 0 Å². The van der Waals surface area contributed by atoms with E-state index in [4.69, 9.17) is 21.1 Å². The molecule has 0 N–H and O–H groups in total. The molecule has 1 heterocycles. The number of hydrogen-bond donors (Lipinski definition) is 0. The van der Waals surface area contributed by atoms with Crippen molar-refractivity contribution in [1.29, 1.82) is 0 Å². The minimum absolute atomic E-state index is 0.293. The minimum Gasteiger partial charge on any atom is -0.384 e. The highest BCUT2D eigenvalue weighted by Crippen LogP contribution is 2.23. The van der Waals surface area contributed by atoms with Gasteiger partial charge in [0.2, 0.25) is 0 Å². The summed E-state index contributed by atoms with van der Waals surface area (Å²) in [6, 6.07) is 0. The van der Waals surface area contributed by atoms with Gasteiger partial charge < -0.3 is 9.47 Å². The van der Waals surface area contributed by atoms with E-state index in [-0.39, 0.29) is 0 Å². The van der Waals surface area contributed by atoms with Crippen LogP contribution in [0.5, 0.6) is 0 Å². The predicted octanol–water partition coefficient (Wildman–Crippen LogP) is 2.06. The van der Waals surface area contributed by atoms with Crippen molar-refractivity contribution < 1.29 is 9.47 Å². The van der Waals surface area contributed by atoms with Gasteiger partial charge in [-0.25, -0.2) is 0 Å². The van der Waals surface area contributed by atoms with Crippen molar-refractivity contribution in [3.8, 4) is 0 Å². The highest BCUT2D eigenvalue weighted by Gasteiger charge is 2.25. The summed E-state index contributed by atoms with van der Waals surface area (Å²) in [6.45, 7) is 3.70. The van der Waals surface area contributed by atoms with Crippen LogP contribution in [0.15, 0.2) is 0 Å². The van der Waals surface area contributed by atoms with Gasteiger partial charge in [0.15, 0.2) is 0 Å². The molecule has 0 aromatic carbocycles. The lowest BCUT2D eigenvalue weighted by molar-refractivity contribution is -0.0339. The van der Waals surface area contributed by atoms with E-state index >= 15 is 0 Å². The van der Waals surface area contributed by atoms with E-state index in [9.17, 15) is 0 Å². The summed E-state index contributed by atoms with van der Waals surface area (Å²) in [4.78, 5) is 0. The third-order valence-corrected chi connectivity index (χ3v) is 2.71. The van der Waals surface area contributed by atoms with Crippen LogP contribution in [-0.4, -0.2) is 31.8 Å². The second kappa shape index (κ2) is 5.05. The van der Waals surface area contributed by atoms with Gasteiger partial charge in [-0.05, 0) is 12.8 Å². The zero-order chi connectivity index (χ0) is 8.97. The number of methoxy groups -OCH3 is 1.